The van der Waals surface area contributed by atoms with E-state index in [1.54, 1.807) is 11.8 Å². The summed E-state index contributed by atoms with van der Waals surface area (Å²) in [6.07, 6.45) is 5.01. The van der Waals surface area contributed by atoms with E-state index in [0.717, 1.165) is 4.32 Å². The zero-order valence-electron chi connectivity index (χ0n) is 7.85. The quantitative estimate of drug-likeness (QED) is 0.706. The summed E-state index contributed by atoms with van der Waals surface area (Å²) in [5.41, 5.74) is 0.339. The Morgan fingerprint density at radius 3 is 2.33 bits per heavy atom. The number of hydrogen-bond acceptors (Lipinski definition) is 2. The van der Waals surface area contributed by atoms with Crippen LogP contribution < -0.4 is 5.32 Å². The molecule has 0 aromatic heterocycles. The van der Waals surface area contributed by atoms with E-state index in [0.29, 0.717) is 5.54 Å². The number of thiocarbonyl (C=S) groups is 1. The summed E-state index contributed by atoms with van der Waals surface area (Å²) < 4.78 is 0.997. The van der Waals surface area contributed by atoms with Gasteiger partial charge in [0, 0.05) is 11.3 Å². The van der Waals surface area contributed by atoms with Gasteiger partial charge in [0.15, 0.2) is 0 Å². The first-order valence-electron chi connectivity index (χ1n) is 4.67. The van der Waals surface area contributed by atoms with Gasteiger partial charge in [-0.05, 0) is 12.8 Å². The van der Waals surface area contributed by atoms with Crippen LogP contribution >= 0.6 is 24.0 Å². The summed E-state index contributed by atoms with van der Waals surface area (Å²) >= 11 is 6.95. The topological polar surface area (TPSA) is 12.0 Å². The molecule has 1 fully saturated rings. The molecule has 70 valence electrons. The molecule has 1 aliphatic heterocycles. The van der Waals surface area contributed by atoms with Crippen molar-refractivity contribution in [1.82, 2.24) is 5.32 Å². The van der Waals surface area contributed by atoms with Crippen molar-refractivity contribution in [3.63, 3.8) is 0 Å². The lowest BCUT2D eigenvalue weighted by Gasteiger charge is -2.27. The summed E-state index contributed by atoms with van der Waals surface area (Å²) in [5, 5.41) is 3.46. The molecule has 1 aliphatic rings. The Labute approximate surface area is 84.7 Å². The monoisotopic (exact) mass is 203 g/mol. The van der Waals surface area contributed by atoms with E-state index in [-0.39, 0.29) is 0 Å². The van der Waals surface area contributed by atoms with Gasteiger partial charge in [-0.2, -0.15) is 0 Å². The molecule has 0 aromatic carbocycles. The van der Waals surface area contributed by atoms with Crippen molar-refractivity contribution in [2.45, 2.75) is 45.1 Å². The molecule has 0 unspecified atom stereocenters. The van der Waals surface area contributed by atoms with Crippen molar-refractivity contribution in [2.75, 3.05) is 5.75 Å². The first-order chi connectivity index (χ1) is 5.72. The van der Waals surface area contributed by atoms with Crippen LogP contribution in [0, 0.1) is 0 Å². The maximum atomic E-state index is 5.15. The standard InChI is InChI=1S/C9H17NS2/c1-3-5-9(6-4-2)7-12-8(11)10-9/h3-7H2,1-2H3,(H,10,11). The Bertz CT molecular complexity index is 162. The average Bonchev–Trinajstić information content (AvgIpc) is 2.34. The second-order valence-electron chi connectivity index (χ2n) is 3.48. The van der Waals surface area contributed by atoms with Crippen LogP contribution in [0.5, 0.6) is 0 Å². The molecule has 0 saturated carbocycles. The third-order valence-electron chi connectivity index (χ3n) is 2.30. The number of rotatable bonds is 4. The summed E-state index contributed by atoms with van der Waals surface area (Å²) in [4.78, 5) is 0. The SMILES string of the molecule is CCCC1(CCC)CSC(=S)N1. The van der Waals surface area contributed by atoms with E-state index in [2.05, 4.69) is 19.2 Å². The Hall–Kier alpha value is 0.240. The lowest BCUT2D eigenvalue weighted by molar-refractivity contribution is 0.369. The molecule has 0 radical (unpaired) electrons. The highest BCUT2D eigenvalue weighted by molar-refractivity contribution is 8.23. The van der Waals surface area contributed by atoms with Crippen LogP contribution in [0.1, 0.15) is 39.5 Å². The van der Waals surface area contributed by atoms with Crippen LogP contribution in [0.2, 0.25) is 0 Å². The highest BCUT2D eigenvalue weighted by Gasteiger charge is 2.34. The number of hydrogen-bond donors (Lipinski definition) is 1. The van der Waals surface area contributed by atoms with Gasteiger partial charge in [0.25, 0.3) is 0 Å². The molecule has 0 aliphatic carbocycles. The van der Waals surface area contributed by atoms with Crippen molar-refractivity contribution in [2.24, 2.45) is 0 Å². The third-order valence-corrected chi connectivity index (χ3v) is 3.82. The molecule has 1 saturated heterocycles. The molecule has 3 heteroatoms. The molecule has 12 heavy (non-hydrogen) atoms. The van der Waals surface area contributed by atoms with Gasteiger partial charge in [0.1, 0.15) is 4.32 Å². The molecular formula is C9H17NS2. The van der Waals surface area contributed by atoms with Crippen molar-refractivity contribution in [3.8, 4) is 0 Å². The van der Waals surface area contributed by atoms with Gasteiger partial charge in [-0.3, -0.25) is 0 Å². The molecule has 1 N–H and O–H groups in total. The van der Waals surface area contributed by atoms with Gasteiger partial charge < -0.3 is 5.32 Å². The molecule has 1 nitrogen and oxygen atoms in total. The van der Waals surface area contributed by atoms with Crippen LogP contribution in [0.4, 0.5) is 0 Å². The van der Waals surface area contributed by atoms with Crippen LogP contribution in [-0.4, -0.2) is 15.6 Å². The average molecular weight is 203 g/mol. The molecular weight excluding hydrogens is 186 g/mol. The minimum Gasteiger partial charge on any atom is -0.365 e. The number of thioether (sulfide) groups is 1. The second-order valence-corrected chi connectivity index (χ2v) is 5.13. The second kappa shape index (κ2) is 4.47. The van der Waals surface area contributed by atoms with Crippen molar-refractivity contribution in [1.29, 1.82) is 0 Å². The van der Waals surface area contributed by atoms with E-state index in [9.17, 15) is 0 Å². The smallest absolute Gasteiger partial charge is 0.134 e. The highest BCUT2D eigenvalue weighted by Crippen LogP contribution is 2.31. The molecule has 1 heterocycles. The van der Waals surface area contributed by atoms with Gasteiger partial charge in [-0.1, -0.05) is 50.7 Å². The summed E-state index contributed by atoms with van der Waals surface area (Å²) in [7, 11) is 0. The van der Waals surface area contributed by atoms with Gasteiger partial charge in [-0.25, -0.2) is 0 Å². The maximum Gasteiger partial charge on any atom is 0.134 e. The van der Waals surface area contributed by atoms with E-state index in [1.165, 1.54) is 31.4 Å². The molecule has 0 amide bonds. The zero-order chi connectivity index (χ0) is 9.03. The van der Waals surface area contributed by atoms with Crippen molar-refractivity contribution < 1.29 is 0 Å². The Morgan fingerprint density at radius 1 is 1.42 bits per heavy atom. The lowest BCUT2D eigenvalue weighted by atomic mass is 9.91. The number of nitrogens with one attached hydrogen (secondary N) is 1. The third kappa shape index (κ3) is 2.36. The predicted octanol–water partition coefficient (Wildman–Crippen LogP) is 2.95. The summed E-state index contributed by atoms with van der Waals surface area (Å²) in [5.74, 6) is 1.17. The minimum absolute atomic E-state index is 0.339. The van der Waals surface area contributed by atoms with Crippen LogP contribution in [0.3, 0.4) is 0 Å². The van der Waals surface area contributed by atoms with E-state index in [1.807, 2.05) is 0 Å². The lowest BCUT2D eigenvalue weighted by Crippen LogP contribution is -2.43. The van der Waals surface area contributed by atoms with Gasteiger partial charge in [-0.15, -0.1) is 0 Å². The largest absolute Gasteiger partial charge is 0.365 e. The summed E-state index contributed by atoms with van der Waals surface area (Å²) in [6.45, 7) is 4.48. The highest BCUT2D eigenvalue weighted by atomic mass is 32.2. The maximum absolute atomic E-state index is 5.15. The first-order valence-corrected chi connectivity index (χ1v) is 6.07. The molecule has 0 atom stereocenters. The minimum atomic E-state index is 0.339. The molecule has 1 rings (SSSR count). The Morgan fingerprint density at radius 2 is 2.00 bits per heavy atom. The molecule has 0 aromatic rings. The first kappa shape index (κ1) is 10.3. The van der Waals surface area contributed by atoms with Gasteiger partial charge in [0.2, 0.25) is 0 Å². The Balaban J connectivity index is 2.54. The fourth-order valence-electron chi connectivity index (χ4n) is 1.84. The van der Waals surface area contributed by atoms with Crippen molar-refractivity contribution in [3.05, 3.63) is 0 Å². The molecule has 0 bridgehead atoms. The normalized spacial score (nSPS) is 21.0. The Kier molecular flexibility index (Phi) is 3.84. The summed E-state index contributed by atoms with van der Waals surface area (Å²) in [6, 6.07) is 0. The molecule has 0 spiro atoms. The van der Waals surface area contributed by atoms with E-state index >= 15 is 0 Å². The van der Waals surface area contributed by atoms with Gasteiger partial charge >= 0.3 is 0 Å². The van der Waals surface area contributed by atoms with Crippen LogP contribution in [0.25, 0.3) is 0 Å². The van der Waals surface area contributed by atoms with E-state index < -0.39 is 0 Å². The van der Waals surface area contributed by atoms with Gasteiger partial charge in [0.05, 0.1) is 0 Å². The van der Waals surface area contributed by atoms with E-state index in [4.69, 9.17) is 12.2 Å². The fraction of sp³-hybridized carbons (Fsp3) is 0.889. The fourth-order valence-corrected chi connectivity index (χ4v) is 3.29. The van der Waals surface area contributed by atoms with Crippen LogP contribution in [0.15, 0.2) is 0 Å². The predicted molar refractivity (Wildman–Crippen MR) is 60.7 cm³/mol. The van der Waals surface area contributed by atoms with Crippen molar-refractivity contribution >= 4 is 28.3 Å². The van der Waals surface area contributed by atoms with Crippen LogP contribution in [-0.2, 0) is 0 Å². The zero-order valence-corrected chi connectivity index (χ0v) is 9.49.